The molecule has 0 aliphatic carbocycles. The van der Waals surface area contributed by atoms with Crippen LogP contribution in [0.1, 0.15) is 15.9 Å². The molecule has 34 heavy (non-hydrogen) atoms. The van der Waals surface area contributed by atoms with Gasteiger partial charge in [0.1, 0.15) is 5.75 Å². The zero-order valence-corrected chi connectivity index (χ0v) is 19.4. The standard InChI is InChI=1S/C23H18BrN3O7/c1-32-21-11-15(5-10-20(21)34-23(29)16-3-2-4-17(24)12-16)13-25-26-22(28)14-33-19-8-6-18(7-9-19)27(30)31/h2-13H,14H2,1H3,(H,26,28)/b25-13-. The lowest BCUT2D eigenvalue weighted by Gasteiger charge is -2.10. The number of nitrogens with zero attached hydrogens (tertiary/aromatic N) is 2. The highest BCUT2D eigenvalue weighted by Gasteiger charge is 2.13. The normalized spacial score (nSPS) is 10.5. The number of carbonyl (C=O) groups is 2. The number of ether oxygens (including phenoxy) is 3. The lowest BCUT2D eigenvalue weighted by Crippen LogP contribution is -2.24. The lowest BCUT2D eigenvalue weighted by atomic mass is 10.2. The molecule has 0 fully saturated rings. The molecule has 10 nitrogen and oxygen atoms in total. The molecule has 0 unspecified atom stereocenters. The van der Waals surface area contributed by atoms with Gasteiger partial charge in [-0.05, 0) is 54.1 Å². The van der Waals surface area contributed by atoms with Crippen molar-refractivity contribution < 1.29 is 28.7 Å². The Morgan fingerprint density at radius 1 is 1.09 bits per heavy atom. The summed E-state index contributed by atoms with van der Waals surface area (Å²) in [5.41, 5.74) is 3.19. The van der Waals surface area contributed by atoms with Crippen LogP contribution in [-0.2, 0) is 4.79 Å². The zero-order valence-electron chi connectivity index (χ0n) is 17.8. The average Bonchev–Trinajstić information content (AvgIpc) is 2.83. The third kappa shape index (κ3) is 6.87. The molecule has 1 amide bonds. The molecule has 0 spiro atoms. The third-order valence-corrected chi connectivity index (χ3v) is 4.76. The SMILES string of the molecule is COc1cc(/C=N\NC(=O)COc2ccc([N+](=O)[O-])cc2)ccc1OC(=O)c1cccc(Br)c1. The Kier molecular flexibility index (Phi) is 8.30. The number of esters is 1. The largest absolute Gasteiger partial charge is 0.493 e. The first-order chi connectivity index (χ1) is 16.4. The Morgan fingerprint density at radius 2 is 1.85 bits per heavy atom. The van der Waals surface area contributed by atoms with Crippen LogP contribution in [0.3, 0.4) is 0 Å². The van der Waals surface area contributed by atoms with Crippen LogP contribution >= 0.6 is 15.9 Å². The van der Waals surface area contributed by atoms with Crippen LogP contribution < -0.4 is 19.6 Å². The smallest absolute Gasteiger partial charge is 0.343 e. The van der Waals surface area contributed by atoms with Crippen molar-refractivity contribution >= 4 is 39.7 Å². The molecule has 0 saturated heterocycles. The fourth-order valence-electron chi connectivity index (χ4n) is 2.65. The van der Waals surface area contributed by atoms with Gasteiger partial charge < -0.3 is 14.2 Å². The maximum absolute atomic E-state index is 12.4. The number of methoxy groups -OCH3 is 1. The molecular formula is C23H18BrN3O7. The first-order valence-corrected chi connectivity index (χ1v) is 10.5. The van der Waals surface area contributed by atoms with Crippen molar-refractivity contribution in [2.45, 2.75) is 0 Å². The van der Waals surface area contributed by atoms with E-state index in [1.165, 1.54) is 37.6 Å². The first kappa shape index (κ1) is 24.4. The molecule has 1 N–H and O–H groups in total. The van der Waals surface area contributed by atoms with Gasteiger partial charge in [-0.3, -0.25) is 14.9 Å². The van der Waals surface area contributed by atoms with Gasteiger partial charge in [0.05, 0.1) is 23.8 Å². The molecule has 0 aromatic heterocycles. The minimum absolute atomic E-state index is 0.0780. The molecule has 174 valence electrons. The molecule has 3 rings (SSSR count). The van der Waals surface area contributed by atoms with Gasteiger partial charge in [0, 0.05) is 16.6 Å². The Balaban J connectivity index is 1.54. The predicted octanol–water partition coefficient (Wildman–Crippen LogP) is 4.11. The quantitative estimate of drug-likeness (QED) is 0.145. The van der Waals surface area contributed by atoms with E-state index < -0.39 is 16.8 Å². The van der Waals surface area contributed by atoms with E-state index in [0.29, 0.717) is 22.6 Å². The van der Waals surface area contributed by atoms with Crippen molar-refractivity contribution in [1.82, 2.24) is 5.43 Å². The lowest BCUT2D eigenvalue weighted by molar-refractivity contribution is -0.384. The highest BCUT2D eigenvalue weighted by Crippen LogP contribution is 2.28. The molecule has 0 bridgehead atoms. The van der Waals surface area contributed by atoms with Crippen LogP contribution in [0, 0.1) is 10.1 Å². The second kappa shape index (κ2) is 11.6. The molecule has 0 aliphatic rings. The van der Waals surface area contributed by atoms with Gasteiger partial charge >= 0.3 is 5.97 Å². The summed E-state index contributed by atoms with van der Waals surface area (Å²) in [5, 5.41) is 14.5. The summed E-state index contributed by atoms with van der Waals surface area (Å²) in [6, 6.07) is 16.9. The highest BCUT2D eigenvalue weighted by atomic mass is 79.9. The van der Waals surface area contributed by atoms with E-state index >= 15 is 0 Å². The monoisotopic (exact) mass is 527 g/mol. The highest BCUT2D eigenvalue weighted by molar-refractivity contribution is 9.10. The molecule has 3 aromatic carbocycles. The van der Waals surface area contributed by atoms with Crippen LogP contribution in [0.4, 0.5) is 5.69 Å². The van der Waals surface area contributed by atoms with Crippen molar-refractivity contribution in [1.29, 1.82) is 0 Å². The van der Waals surface area contributed by atoms with Gasteiger partial charge in [0.2, 0.25) is 0 Å². The maximum atomic E-state index is 12.4. The van der Waals surface area contributed by atoms with E-state index in [2.05, 4.69) is 26.5 Å². The van der Waals surface area contributed by atoms with E-state index in [4.69, 9.17) is 14.2 Å². The fraction of sp³-hybridized carbons (Fsp3) is 0.0870. The molecule has 0 heterocycles. The zero-order chi connectivity index (χ0) is 24.5. The number of nitro benzene ring substituents is 1. The number of benzene rings is 3. The van der Waals surface area contributed by atoms with Crippen LogP contribution in [0.25, 0.3) is 0 Å². The molecule has 0 atom stereocenters. The van der Waals surface area contributed by atoms with Crippen molar-refractivity contribution in [2.24, 2.45) is 5.10 Å². The molecule has 0 aliphatic heterocycles. The predicted molar refractivity (Wildman–Crippen MR) is 126 cm³/mol. The summed E-state index contributed by atoms with van der Waals surface area (Å²) in [5.74, 6) is -0.227. The topological polar surface area (TPSA) is 129 Å². The van der Waals surface area contributed by atoms with Crippen LogP contribution in [0.2, 0.25) is 0 Å². The van der Waals surface area contributed by atoms with Crippen molar-refractivity contribution in [3.8, 4) is 17.2 Å². The molecule has 11 heteroatoms. The summed E-state index contributed by atoms with van der Waals surface area (Å²) < 4.78 is 16.7. The van der Waals surface area contributed by atoms with Gasteiger partial charge in [0.15, 0.2) is 18.1 Å². The number of hydrazone groups is 1. The van der Waals surface area contributed by atoms with Crippen molar-refractivity contribution in [3.05, 3.63) is 92.4 Å². The number of rotatable bonds is 9. The minimum atomic E-state index is -0.540. The number of nitro groups is 1. The van der Waals surface area contributed by atoms with E-state index in [9.17, 15) is 19.7 Å². The first-order valence-electron chi connectivity index (χ1n) is 9.70. The van der Waals surface area contributed by atoms with Crippen LogP contribution in [-0.4, -0.2) is 36.7 Å². The summed E-state index contributed by atoms with van der Waals surface area (Å²) in [6.45, 7) is -0.330. The number of non-ortho nitro benzene ring substituents is 1. The summed E-state index contributed by atoms with van der Waals surface area (Å²) in [4.78, 5) is 34.4. The van der Waals surface area contributed by atoms with Gasteiger partial charge in [-0.15, -0.1) is 0 Å². The number of nitrogens with one attached hydrogen (secondary N) is 1. The molecule has 3 aromatic rings. The number of carbonyl (C=O) groups excluding carboxylic acids is 2. The maximum Gasteiger partial charge on any atom is 0.343 e. The number of hydrogen-bond donors (Lipinski definition) is 1. The second-order valence-electron chi connectivity index (χ2n) is 6.64. The second-order valence-corrected chi connectivity index (χ2v) is 7.56. The van der Waals surface area contributed by atoms with Gasteiger partial charge in [-0.2, -0.15) is 5.10 Å². The summed E-state index contributed by atoms with van der Waals surface area (Å²) in [6.07, 6.45) is 1.38. The Labute approximate surface area is 202 Å². The molecular weight excluding hydrogens is 510 g/mol. The molecule has 0 radical (unpaired) electrons. The number of hydrogen-bond acceptors (Lipinski definition) is 8. The number of amides is 1. The van der Waals surface area contributed by atoms with Crippen molar-refractivity contribution in [2.75, 3.05) is 13.7 Å². The number of halogens is 1. The van der Waals surface area contributed by atoms with Gasteiger partial charge in [-0.1, -0.05) is 22.0 Å². The third-order valence-electron chi connectivity index (χ3n) is 4.27. The van der Waals surface area contributed by atoms with Gasteiger partial charge in [-0.25, -0.2) is 10.2 Å². The van der Waals surface area contributed by atoms with E-state index in [0.717, 1.165) is 4.47 Å². The van der Waals surface area contributed by atoms with Gasteiger partial charge in [0.25, 0.3) is 11.6 Å². The Morgan fingerprint density at radius 3 is 2.53 bits per heavy atom. The Hall–Kier alpha value is -4.25. The summed E-state index contributed by atoms with van der Waals surface area (Å²) in [7, 11) is 1.43. The fourth-order valence-corrected chi connectivity index (χ4v) is 3.05. The Bertz CT molecular complexity index is 1230. The van der Waals surface area contributed by atoms with Crippen molar-refractivity contribution in [3.63, 3.8) is 0 Å². The minimum Gasteiger partial charge on any atom is -0.493 e. The van der Waals surface area contributed by atoms with E-state index in [1.54, 1.807) is 42.5 Å². The van der Waals surface area contributed by atoms with Crippen LogP contribution in [0.15, 0.2) is 76.3 Å². The molecule has 0 saturated carbocycles. The average molecular weight is 528 g/mol. The van der Waals surface area contributed by atoms with E-state index in [-0.39, 0.29) is 18.0 Å². The summed E-state index contributed by atoms with van der Waals surface area (Å²) >= 11 is 3.31. The van der Waals surface area contributed by atoms with Crippen LogP contribution in [0.5, 0.6) is 17.2 Å². The van der Waals surface area contributed by atoms with E-state index in [1.807, 2.05) is 0 Å².